The second-order valence-electron chi connectivity index (χ2n) is 8.85. The molecule has 31 heavy (non-hydrogen) atoms. The van der Waals surface area contributed by atoms with Gasteiger partial charge in [-0.3, -0.25) is 9.59 Å². The molecule has 1 N–H and O–H groups in total. The zero-order valence-electron chi connectivity index (χ0n) is 19.6. The van der Waals surface area contributed by atoms with Crippen LogP contribution in [0.25, 0.3) is 0 Å². The molecule has 2 aromatic carbocycles. The highest BCUT2D eigenvalue weighted by atomic mass is 16.5. The van der Waals surface area contributed by atoms with E-state index >= 15 is 0 Å². The van der Waals surface area contributed by atoms with Crippen molar-refractivity contribution in [1.82, 2.24) is 10.2 Å². The van der Waals surface area contributed by atoms with Crippen LogP contribution >= 0.6 is 0 Å². The van der Waals surface area contributed by atoms with Crippen LogP contribution in [0.1, 0.15) is 44.4 Å². The Hall–Kier alpha value is -3.02. The van der Waals surface area contributed by atoms with Gasteiger partial charge in [-0.05, 0) is 70.9 Å². The van der Waals surface area contributed by atoms with Gasteiger partial charge in [0.1, 0.15) is 17.5 Å². The van der Waals surface area contributed by atoms with Gasteiger partial charge in [0.05, 0.1) is 7.11 Å². The lowest BCUT2D eigenvalue weighted by molar-refractivity contribution is -0.142. The monoisotopic (exact) mass is 426 g/mol. The van der Waals surface area contributed by atoms with Crippen LogP contribution in [-0.2, 0) is 16.1 Å². The summed E-state index contributed by atoms with van der Waals surface area (Å²) in [5, 5.41) is 2.95. The lowest BCUT2D eigenvalue weighted by atomic mass is 10.1. The van der Waals surface area contributed by atoms with E-state index in [1.807, 2.05) is 77.1 Å². The standard InChI is InChI=1S/C25H34N2O4/c1-17-11-12-22(18(2)13-17)31-16-23(28)27(19(3)24(29)26-25(4,5)6)15-20-9-8-10-21(14-20)30-7/h8-14,19H,15-16H2,1-7H3,(H,26,29)/t19-/m0/s1. The molecule has 0 aliphatic heterocycles. The summed E-state index contributed by atoms with van der Waals surface area (Å²) >= 11 is 0. The fourth-order valence-corrected chi connectivity index (χ4v) is 3.21. The number of rotatable bonds is 8. The smallest absolute Gasteiger partial charge is 0.261 e. The Bertz CT molecular complexity index is 918. The number of nitrogens with one attached hydrogen (secondary N) is 1. The largest absolute Gasteiger partial charge is 0.497 e. The molecule has 0 heterocycles. The SMILES string of the molecule is COc1cccc(CN(C(=O)COc2ccc(C)cc2C)[C@@H](C)C(=O)NC(C)(C)C)c1. The molecule has 0 spiro atoms. The van der Waals surface area contributed by atoms with Crippen molar-refractivity contribution in [2.45, 2.75) is 59.7 Å². The zero-order valence-corrected chi connectivity index (χ0v) is 19.6. The maximum Gasteiger partial charge on any atom is 0.261 e. The summed E-state index contributed by atoms with van der Waals surface area (Å²) in [4.78, 5) is 27.5. The first-order valence-electron chi connectivity index (χ1n) is 10.4. The van der Waals surface area contributed by atoms with Gasteiger partial charge in [0.15, 0.2) is 6.61 Å². The fourth-order valence-electron chi connectivity index (χ4n) is 3.21. The van der Waals surface area contributed by atoms with Gasteiger partial charge in [-0.15, -0.1) is 0 Å². The zero-order chi connectivity index (χ0) is 23.2. The van der Waals surface area contributed by atoms with Gasteiger partial charge < -0.3 is 19.7 Å². The van der Waals surface area contributed by atoms with E-state index in [2.05, 4.69) is 5.32 Å². The molecule has 6 heteroatoms. The van der Waals surface area contributed by atoms with E-state index < -0.39 is 11.6 Å². The van der Waals surface area contributed by atoms with E-state index in [1.54, 1.807) is 18.9 Å². The first kappa shape index (κ1) is 24.3. The van der Waals surface area contributed by atoms with Gasteiger partial charge >= 0.3 is 0 Å². The second kappa shape index (κ2) is 10.3. The third kappa shape index (κ3) is 7.31. The second-order valence-corrected chi connectivity index (χ2v) is 8.85. The highest BCUT2D eigenvalue weighted by molar-refractivity contribution is 5.88. The lowest BCUT2D eigenvalue weighted by Crippen LogP contribution is -2.53. The van der Waals surface area contributed by atoms with E-state index in [1.165, 1.54) is 0 Å². The Morgan fingerprint density at radius 3 is 2.42 bits per heavy atom. The maximum atomic E-state index is 13.2. The summed E-state index contributed by atoms with van der Waals surface area (Å²) in [6, 6.07) is 12.6. The molecule has 1 atom stereocenters. The first-order valence-corrected chi connectivity index (χ1v) is 10.4. The summed E-state index contributed by atoms with van der Waals surface area (Å²) in [7, 11) is 1.60. The maximum absolute atomic E-state index is 13.2. The number of methoxy groups -OCH3 is 1. The van der Waals surface area contributed by atoms with Crippen molar-refractivity contribution >= 4 is 11.8 Å². The highest BCUT2D eigenvalue weighted by Crippen LogP contribution is 2.20. The molecule has 0 radical (unpaired) electrons. The molecule has 2 amide bonds. The first-order chi connectivity index (χ1) is 14.5. The van der Waals surface area contributed by atoms with E-state index in [-0.39, 0.29) is 25.0 Å². The molecule has 0 saturated carbocycles. The topological polar surface area (TPSA) is 67.9 Å². The quantitative estimate of drug-likeness (QED) is 0.692. The summed E-state index contributed by atoms with van der Waals surface area (Å²) < 4.78 is 11.1. The Kier molecular flexibility index (Phi) is 8.08. The molecular formula is C25H34N2O4. The third-order valence-corrected chi connectivity index (χ3v) is 4.83. The number of hydrogen-bond acceptors (Lipinski definition) is 4. The molecule has 0 fully saturated rings. The van der Waals surface area contributed by atoms with Crippen LogP contribution in [0.3, 0.4) is 0 Å². The minimum absolute atomic E-state index is 0.152. The predicted molar refractivity (Wildman–Crippen MR) is 122 cm³/mol. The van der Waals surface area contributed by atoms with Crippen LogP contribution in [0, 0.1) is 13.8 Å². The molecule has 0 bridgehead atoms. The van der Waals surface area contributed by atoms with Crippen molar-refractivity contribution < 1.29 is 19.1 Å². The van der Waals surface area contributed by atoms with Crippen molar-refractivity contribution in [2.24, 2.45) is 0 Å². The summed E-state index contributed by atoms with van der Waals surface area (Å²) in [6.45, 7) is 11.5. The molecule has 0 aliphatic carbocycles. The van der Waals surface area contributed by atoms with Crippen molar-refractivity contribution in [3.63, 3.8) is 0 Å². The normalized spacial score (nSPS) is 12.1. The Morgan fingerprint density at radius 1 is 1.10 bits per heavy atom. The minimum Gasteiger partial charge on any atom is -0.497 e. The lowest BCUT2D eigenvalue weighted by Gasteiger charge is -2.31. The summed E-state index contributed by atoms with van der Waals surface area (Å²) in [5.74, 6) is 0.880. The molecule has 0 unspecified atom stereocenters. The van der Waals surface area contributed by atoms with Gasteiger partial charge in [0.25, 0.3) is 5.91 Å². The van der Waals surface area contributed by atoms with Crippen molar-refractivity contribution in [1.29, 1.82) is 0 Å². The van der Waals surface area contributed by atoms with Crippen molar-refractivity contribution in [2.75, 3.05) is 13.7 Å². The number of nitrogens with zero attached hydrogens (tertiary/aromatic N) is 1. The number of carbonyl (C=O) groups is 2. The molecule has 0 saturated heterocycles. The molecule has 2 rings (SSSR count). The van der Waals surface area contributed by atoms with Crippen LogP contribution in [0.15, 0.2) is 42.5 Å². The number of ether oxygens (including phenoxy) is 2. The third-order valence-electron chi connectivity index (χ3n) is 4.83. The average molecular weight is 427 g/mol. The molecule has 168 valence electrons. The minimum atomic E-state index is -0.666. The van der Waals surface area contributed by atoms with Crippen LogP contribution in [0.5, 0.6) is 11.5 Å². The molecule has 6 nitrogen and oxygen atoms in total. The van der Waals surface area contributed by atoms with E-state index in [0.29, 0.717) is 11.5 Å². The summed E-state index contributed by atoms with van der Waals surface area (Å²) in [6.07, 6.45) is 0. The Morgan fingerprint density at radius 2 is 1.81 bits per heavy atom. The van der Waals surface area contributed by atoms with E-state index in [4.69, 9.17) is 9.47 Å². The van der Waals surface area contributed by atoms with E-state index in [9.17, 15) is 9.59 Å². The summed E-state index contributed by atoms with van der Waals surface area (Å²) in [5.41, 5.74) is 2.56. The number of carbonyl (C=O) groups excluding carboxylic acids is 2. The van der Waals surface area contributed by atoms with Gasteiger partial charge in [-0.2, -0.15) is 0 Å². The molecular weight excluding hydrogens is 392 g/mol. The average Bonchev–Trinajstić information content (AvgIpc) is 2.69. The van der Waals surface area contributed by atoms with Gasteiger partial charge in [-0.1, -0.05) is 29.8 Å². The number of aryl methyl sites for hydroxylation is 2. The van der Waals surface area contributed by atoms with Crippen molar-refractivity contribution in [3.05, 3.63) is 59.2 Å². The number of benzene rings is 2. The van der Waals surface area contributed by atoms with Crippen LogP contribution in [-0.4, -0.2) is 42.0 Å². The molecule has 0 aromatic heterocycles. The van der Waals surface area contributed by atoms with Gasteiger partial charge in [-0.25, -0.2) is 0 Å². The molecule has 2 aromatic rings. The predicted octanol–water partition coefficient (Wildman–Crippen LogP) is 4.02. The number of amides is 2. The Labute approximate surface area is 185 Å². The number of hydrogen-bond donors (Lipinski definition) is 1. The van der Waals surface area contributed by atoms with Crippen LogP contribution in [0.2, 0.25) is 0 Å². The fraction of sp³-hybridized carbons (Fsp3) is 0.440. The van der Waals surface area contributed by atoms with Gasteiger partial charge in [0, 0.05) is 12.1 Å². The van der Waals surface area contributed by atoms with Crippen molar-refractivity contribution in [3.8, 4) is 11.5 Å². The van der Waals surface area contributed by atoms with Crippen LogP contribution < -0.4 is 14.8 Å². The van der Waals surface area contributed by atoms with Gasteiger partial charge in [0.2, 0.25) is 5.91 Å². The van der Waals surface area contributed by atoms with Crippen LogP contribution in [0.4, 0.5) is 0 Å². The Balaban J connectivity index is 2.22. The highest BCUT2D eigenvalue weighted by Gasteiger charge is 2.28. The van der Waals surface area contributed by atoms with E-state index in [0.717, 1.165) is 16.7 Å². The molecule has 0 aliphatic rings.